The van der Waals surface area contributed by atoms with E-state index in [9.17, 15) is 15.2 Å². The zero-order valence-electron chi connectivity index (χ0n) is 20.7. The number of aliphatic hydroxyl groups is 1. The number of benzene rings is 1. The van der Waals surface area contributed by atoms with Gasteiger partial charge in [0, 0.05) is 23.3 Å². The molecule has 4 unspecified atom stereocenters. The summed E-state index contributed by atoms with van der Waals surface area (Å²) < 4.78 is 16.8. The average Bonchev–Trinajstić information content (AvgIpc) is 3.48. The lowest BCUT2D eigenvalue weighted by atomic mass is 9.43. The first-order chi connectivity index (χ1) is 17.0. The summed E-state index contributed by atoms with van der Waals surface area (Å²) in [7, 11) is 0. The van der Waals surface area contributed by atoms with Crippen LogP contribution >= 0.6 is 0 Å². The van der Waals surface area contributed by atoms with E-state index in [4.69, 9.17) is 11.1 Å². The fourth-order valence-electron chi connectivity index (χ4n) is 5.76. The highest BCUT2D eigenvalue weighted by atomic mass is 19.1. The lowest BCUT2D eigenvalue weighted by Crippen LogP contribution is -2.55. The second kappa shape index (κ2) is 8.19. The lowest BCUT2D eigenvalue weighted by molar-refractivity contribution is -0.122. The number of aromatic nitrogens is 2. The summed E-state index contributed by atoms with van der Waals surface area (Å²) in [4.78, 5) is 12.7. The predicted molar refractivity (Wildman–Crippen MR) is 134 cm³/mol. The summed E-state index contributed by atoms with van der Waals surface area (Å²) in [5.41, 5.74) is 7.40. The van der Waals surface area contributed by atoms with Crippen LogP contribution in [0, 0.1) is 39.8 Å². The maximum Gasteiger partial charge on any atom is 0.233 e. The van der Waals surface area contributed by atoms with Gasteiger partial charge in [0.1, 0.15) is 29.0 Å². The number of rotatable bonds is 7. The highest BCUT2D eigenvalue weighted by Crippen LogP contribution is 2.64. The van der Waals surface area contributed by atoms with Crippen LogP contribution in [0.15, 0.2) is 30.2 Å². The van der Waals surface area contributed by atoms with E-state index in [-0.39, 0.29) is 40.0 Å². The van der Waals surface area contributed by atoms with Gasteiger partial charge < -0.3 is 16.2 Å². The Balaban J connectivity index is 1.29. The van der Waals surface area contributed by atoms with Crippen molar-refractivity contribution in [3.63, 3.8) is 0 Å². The first-order valence-electron chi connectivity index (χ1n) is 12.4. The van der Waals surface area contributed by atoms with E-state index in [1.54, 1.807) is 17.7 Å². The van der Waals surface area contributed by atoms with Crippen LogP contribution in [0.5, 0.6) is 0 Å². The van der Waals surface area contributed by atoms with Crippen molar-refractivity contribution in [2.75, 3.05) is 5.73 Å². The summed E-state index contributed by atoms with van der Waals surface area (Å²) in [5.74, 6) is -1.44. The number of hydrogen-bond acceptors (Lipinski definition) is 6. The number of amides is 1. The Morgan fingerprint density at radius 3 is 2.67 bits per heavy atom. The molecule has 3 aliphatic rings. The standard InChI is InChI=1S/C27H31FN6O2/c1-14(25(36)32-22(35)11-21(30)17-12-26(2)7-6-19(17)26)15-4-5-16(20(28)10-15)23-18(13-29)24(31)34(33-23)27(3)8-9-27/h4-5,10-11,14,17,19,30,35H,6-9,12,31H2,1-3H3,(H,32,36)/b22-11-,30-21?. The summed E-state index contributed by atoms with van der Waals surface area (Å²) in [6.07, 6.45) is 6.31. The third kappa shape index (κ3) is 3.76. The van der Waals surface area contributed by atoms with Gasteiger partial charge >= 0.3 is 0 Å². The van der Waals surface area contributed by atoms with Crippen molar-refractivity contribution in [3.8, 4) is 17.3 Å². The zero-order chi connectivity index (χ0) is 26.0. The van der Waals surface area contributed by atoms with E-state index in [1.165, 1.54) is 24.6 Å². The van der Waals surface area contributed by atoms with Crippen molar-refractivity contribution < 1.29 is 14.3 Å². The lowest BCUT2D eigenvalue weighted by Gasteiger charge is -2.62. The van der Waals surface area contributed by atoms with Crippen LogP contribution < -0.4 is 11.1 Å². The van der Waals surface area contributed by atoms with Crippen LogP contribution in [0.1, 0.15) is 69.9 Å². The highest BCUT2D eigenvalue weighted by Gasteiger charge is 2.57. The van der Waals surface area contributed by atoms with E-state index in [0.717, 1.165) is 25.7 Å². The Hall–Kier alpha value is -3.67. The second-order valence-electron chi connectivity index (χ2n) is 11.2. The minimum absolute atomic E-state index is 0.125. The van der Waals surface area contributed by atoms with Gasteiger partial charge in [-0.05, 0) is 75.0 Å². The monoisotopic (exact) mass is 490 g/mol. The molecule has 3 aliphatic carbocycles. The van der Waals surface area contributed by atoms with Gasteiger partial charge in [0.05, 0.1) is 11.5 Å². The number of nitrogens with one attached hydrogen (secondary N) is 2. The number of nitrogens with two attached hydrogens (primary N) is 1. The smallest absolute Gasteiger partial charge is 0.233 e. The molecular weight excluding hydrogens is 459 g/mol. The largest absolute Gasteiger partial charge is 0.494 e. The van der Waals surface area contributed by atoms with Crippen molar-refractivity contribution in [1.82, 2.24) is 15.1 Å². The van der Waals surface area contributed by atoms with Crippen LogP contribution in [-0.4, -0.2) is 26.5 Å². The van der Waals surface area contributed by atoms with Gasteiger partial charge in [-0.15, -0.1) is 0 Å². The number of anilines is 1. The number of carbonyl (C=O) groups is 1. The Labute approximate surface area is 209 Å². The van der Waals surface area contributed by atoms with Crippen LogP contribution in [-0.2, 0) is 10.3 Å². The molecule has 3 fully saturated rings. The van der Waals surface area contributed by atoms with Gasteiger partial charge in [0.25, 0.3) is 0 Å². The normalized spacial score (nSPS) is 26.6. The molecule has 4 atom stereocenters. The number of carbonyl (C=O) groups excluding carboxylic acids is 1. The topological polar surface area (TPSA) is 141 Å². The highest BCUT2D eigenvalue weighted by molar-refractivity contribution is 5.96. The molecule has 0 aliphatic heterocycles. The molecule has 2 aromatic rings. The van der Waals surface area contributed by atoms with Crippen molar-refractivity contribution in [3.05, 3.63) is 47.1 Å². The molecule has 1 aromatic heterocycles. The molecule has 36 heavy (non-hydrogen) atoms. The molecule has 1 heterocycles. The van der Waals surface area contributed by atoms with E-state index in [2.05, 4.69) is 17.3 Å². The average molecular weight is 491 g/mol. The van der Waals surface area contributed by atoms with Crippen molar-refractivity contribution in [2.24, 2.45) is 17.3 Å². The first kappa shape index (κ1) is 24.0. The molecule has 9 heteroatoms. The molecule has 1 amide bonds. The minimum atomic E-state index is -0.764. The number of fused-ring (bicyclic) bond motifs is 1. The third-order valence-electron chi connectivity index (χ3n) is 8.70. The molecule has 0 spiro atoms. The molecule has 8 nitrogen and oxygen atoms in total. The van der Waals surface area contributed by atoms with Crippen molar-refractivity contribution in [1.29, 1.82) is 10.7 Å². The van der Waals surface area contributed by atoms with Crippen LogP contribution in [0.2, 0.25) is 0 Å². The fraction of sp³-hybridized carbons (Fsp3) is 0.481. The second-order valence-corrected chi connectivity index (χ2v) is 11.2. The molecule has 0 radical (unpaired) electrons. The van der Waals surface area contributed by atoms with Gasteiger partial charge in [0.15, 0.2) is 5.88 Å². The number of halogens is 1. The van der Waals surface area contributed by atoms with Gasteiger partial charge in [-0.25, -0.2) is 9.07 Å². The number of nitrogen functional groups attached to an aromatic ring is 1. The number of hydrogen-bond donors (Lipinski definition) is 4. The van der Waals surface area contributed by atoms with Crippen LogP contribution in [0.25, 0.3) is 11.3 Å². The summed E-state index contributed by atoms with van der Waals surface area (Å²) in [6.45, 7) is 5.83. The summed E-state index contributed by atoms with van der Waals surface area (Å²) in [6, 6.07) is 6.38. The summed E-state index contributed by atoms with van der Waals surface area (Å²) in [5, 5.41) is 35.0. The first-order valence-corrected chi connectivity index (χ1v) is 12.4. The molecule has 188 valence electrons. The Bertz CT molecular complexity index is 1350. The molecular formula is C27H31FN6O2. The quantitative estimate of drug-likeness (QED) is 0.328. The van der Waals surface area contributed by atoms with Gasteiger partial charge in [-0.3, -0.25) is 10.1 Å². The molecule has 0 bridgehead atoms. The van der Waals surface area contributed by atoms with Crippen LogP contribution in [0.3, 0.4) is 0 Å². The zero-order valence-corrected chi connectivity index (χ0v) is 20.7. The SMILES string of the molecule is CC(C(=O)N/C(O)=C/C(=N)C1CC2(C)CCC12)c1ccc(-c2nn(C3(C)CC3)c(N)c2C#N)c(F)c1. The summed E-state index contributed by atoms with van der Waals surface area (Å²) >= 11 is 0. The number of nitrogens with zero attached hydrogens (tertiary/aromatic N) is 3. The Morgan fingerprint density at radius 2 is 2.14 bits per heavy atom. The van der Waals surface area contributed by atoms with Crippen molar-refractivity contribution in [2.45, 2.75) is 64.3 Å². The maximum atomic E-state index is 15.2. The molecule has 0 saturated heterocycles. The van der Waals surface area contributed by atoms with Crippen LogP contribution in [0.4, 0.5) is 10.2 Å². The van der Waals surface area contributed by atoms with Gasteiger partial charge in [-0.1, -0.05) is 13.0 Å². The van der Waals surface area contributed by atoms with E-state index in [1.807, 2.05) is 13.0 Å². The molecule has 5 rings (SSSR count). The van der Waals surface area contributed by atoms with E-state index < -0.39 is 17.6 Å². The van der Waals surface area contributed by atoms with Crippen molar-refractivity contribution >= 4 is 17.4 Å². The number of allylic oxidation sites excluding steroid dienone is 1. The number of nitriles is 1. The van der Waals surface area contributed by atoms with E-state index in [0.29, 0.717) is 22.6 Å². The third-order valence-corrected chi connectivity index (χ3v) is 8.70. The number of aliphatic hydroxyl groups excluding tert-OH is 1. The maximum absolute atomic E-state index is 15.2. The molecule has 5 N–H and O–H groups in total. The van der Waals surface area contributed by atoms with E-state index >= 15 is 4.39 Å². The minimum Gasteiger partial charge on any atom is -0.494 e. The molecule has 3 saturated carbocycles. The van der Waals surface area contributed by atoms with Gasteiger partial charge in [0.2, 0.25) is 5.91 Å². The Kier molecular flexibility index (Phi) is 5.47. The predicted octanol–water partition coefficient (Wildman–Crippen LogP) is 4.73. The fourth-order valence-corrected chi connectivity index (χ4v) is 5.76. The molecule has 1 aromatic carbocycles. The van der Waals surface area contributed by atoms with Gasteiger partial charge in [-0.2, -0.15) is 10.4 Å². The Morgan fingerprint density at radius 1 is 1.42 bits per heavy atom.